The highest BCUT2D eigenvalue weighted by molar-refractivity contribution is 6.03. The molecule has 31 heavy (non-hydrogen) atoms. The molecule has 0 bridgehead atoms. The largest absolute Gasteiger partial charge is 0.497 e. The Morgan fingerprint density at radius 2 is 1.77 bits per heavy atom. The summed E-state index contributed by atoms with van der Waals surface area (Å²) < 4.78 is 10.4. The third-order valence-electron chi connectivity index (χ3n) is 5.25. The molecule has 2 aromatic carbocycles. The zero-order valence-corrected chi connectivity index (χ0v) is 17.9. The topological polar surface area (TPSA) is 84.9 Å². The summed E-state index contributed by atoms with van der Waals surface area (Å²) in [5, 5.41) is 2.83. The van der Waals surface area contributed by atoms with Crippen molar-refractivity contribution in [2.75, 3.05) is 30.5 Å². The Hall–Kier alpha value is -3.35. The van der Waals surface area contributed by atoms with Crippen molar-refractivity contribution < 1.29 is 23.9 Å². The molecule has 0 unspecified atom stereocenters. The average molecular weight is 424 g/mol. The van der Waals surface area contributed by atoms with Gasteiger partial charge in [0, 0.05) is 24.3 Å². The molecule has 0 spiro atoms. The number of nitrogens with zero attached hydrogens (tertiary/aromatic N) is 1. The molecule has 0 aliphatic carbocycles. The number of amides is 2. The Balaban J connectivity index is 1.54. The fourth-order valence-electron chi connectivity index (χ4n) is 3.43. The van der Waals surface area contributed by atoms with Gasteiger partial charge in [-0.3, -0.25) is 9.59 Å². The van der Waals surface area contributed by atoms with Crippen LogP contribution in [-0.2, 0) is 14.3 Å². The summed E-state index contributed by atoms with van der Waals surface area (Å²) >= 11 is 0. The van der Waals surface area contributed by atoms with Crippen LogP contribution in [0.1, 0.15) is 43.0 Å². The fraction of sp³-hybridized carbons (Fsp3) is 0.375. The summed E-state index contributed by atoms with van der Waals surface area (Å²) in [4.78, 5) is 38.7. The first kappa shape index (κ1) is 22.3. The summed E-state index contributed by atoms with van der Waals surface area (Å²) in [6.07, 6.45) is 3.10. The number of ether oxygens (including phenoxy) is 2. The highest BCUT2D eigenvalue weighted by Gasteiger charge is 2.35. The van der Waals surface area contributed by atoms with Gasteiger partial charge in [0.15, 0.2) is 0 Å². The van der Waals surface area contributed by atoms with E-state index in [1.54, 1.807) is 60.5 Å². The van der Waals surface area contributed by atoms with Gasteiger partial charge in [0.05, 0.1) is 25.2 Å². The maximum atomic E-state index is 12.7. The molecule has 1 aliphatic heterocycles. The van der Waals surface area contributed by atoms with Gasteiger partial charge in [-0.1, -0.05) is 19.8 Å². The first-order chi connectivity index (χ1) is 15.0. The second kappa shape index (κ2) is 10.6. The molecule has 1 saturated heterocycles. The molecule has 2 amide bonds. The van der Waals surface area contributed by atoms with Crippen LogP contribution >= 0.6 is 0 Å². The summed E-state index contributed by atoms with van der Waals surface area (Å²) in [5.74, 6) is -0.424. The smallest absolute Gasteiger partial charge is 0.338 e. The Morgan fingerprint density at radius 1 is 1.06 bits per heavy atom. The van der Waals surface area contributed by atoms with Crippen molar-refractivity contribution in [3.05, 3.63) is 54.1 Å². The van der Waals surface area contributed by atoms with E-state index in [9.17, 15) is 14.4 Å². The van der Waals surface area contributed by atoms with Gasteiger partial charge >= 0.3 is 5.97 Å². The lowest BCUT2D eigenvalue weighted by molar-refractivity contribution is -0.122. The molecule has 164 valence electrons. The lowest BCUT2D eigenvalue weighted by atomic mass is 10.1. The number of methoxy groups -OCH3 is 1. The van der Waals surface area contributed by atoms with Gasteiger partial charge in [0.1, 0.15) is 5.75 Å². The number of nitrogens with one attached hydrogen (secondary N) is 1. The van der Waals surface area contributed by atoms with E-state index in [1.807, 2.05) is 0 Å². The molecule has 2 aromatic rings. The molecule has 1 heterocycles. The van der Waals surface area contributed by atoms with Gasteiger partial charge in [-0.2, -0.15) is 0 Å². The maximum Gasteiger partial charge on any atom is 0.338 e. The standard InChI is InChI=1S/C24H28N2O5/c1-3-4-5-14-31-24(29)17-6-8-19(9-7-17)25-23(28)18-15-22(27)26(16-18)20-10-12-21(30-2)13-11-20/h6-13,18H,3-5,14-16H2,1-2H3,(H,25,28)/t18-/m1/s1. The van der Waals surface area contributed by atoms with Gasteiger partial charge in [-0.05, 0) is 55.0 Å². The van der Waals surface area contributed by atoms with Crippen molar-refractivity contribution in [1.29, 1.82) is 0 Å². The summed E-state index contributed by atoms with van der Waals surface area (Å²) in [5.41, 5.74) is 1.75. The van der Waals surface area contributed by atoms with Crippen molar-refractivity contribution in [2.24, 2.45) is 5.92 Å². The van der Waals surface area contributed by atoms with Crippen LogP contribution in [0.3, 0.4) is 0 Å². The zero-order chi connectivity index (χ0) is 22.2. The van der Waals surface area contributed by atoms with Gasteiger partial charge in [-0.25, -0.2) is 4.79 Å². The maximum absolute atomic E-state index is 12.7. The first-order valence-electron chi connectivity index (χ1n) is 10.5. The van der Waals surface area contributed by atoms with E-state index in [-0.39, 0.29) is 24.2 Å². The monoisotopic (exact) mass is 424 g/mol. The van der Waals surface area contributed by atoms with Crippen LogP contribution in [0.4, 0.5) is 11.4 Å². The number of rotatable bonds is 9. The van der Waals surface area contributed by atoms with Crippen LogP contribution in [0.15, 0.2) is 48.5 Å². The van der Waals surface area contributed by atoms with Crippen molar-refractivity contribution in [1.82, 2.24) is 0 Å². The highest BCUT2D eigenvalue weighted by Crippen LogP contribution is 2.27. The quantitative estimate of drug-likeness (QED) is 0.485. The minimum absolute atomic E-state index is 0.0912. The van der Waals surface area contributed by atoms with Crippen LogP contribution in [0.2, 0.25) is 0 Å². The van der Waals surface area contributed by atoms with E-state index >= 15 is 0 Å². The van der Waals surface area contributed by atoms with Crippen LogP contribution in [-0.4, -0.2) is 38.0 Å². The molecule has 1 aliphatic rings. The minimum atomic E-state index is -0.446. The van der Waals surface area contributed by atoms with Gasteiger partial charge < -0.3 is 19.7 Å². The second-order valence-corrected chi connectivity index (χ2v) is 7.51. The number of anilines is 2. The number of carbonyl (C=O) groups is 3. The fourth-order valence-corrected chi connectivity index (χ4v) is 3.43. The van der Waals surface area contributed by atoms with Gasteiger partial charge in [0.25, 0.3) is 0 Å². The number of carbonyl (C=O) groups excluding carboxylic acids is 3. The molecule has 7 heteroatoms. The van der Waals surface area contributed by atoms with Crippen LogP contribution in [0.5, 0.6) is 5.75 Å². The molecule has 1 fully saturated rings. The lowest BCUT2D eigenvalue weighted by Crippen LogP contribution is -2.28. The third-order valence-corrected chi connectivity index (χ3v) is 5.25. The van der Waals surface area contributed by atoms with Crippen molar-refractivity contribution in [3.63, 3.8) is 0 Å². The minimum Gasteiger partial charge on any atom is -0.497 e. The summed E-state index contributed by atoms with van der Waals surface area (Å²) in [7, 11) is 1.58. The van der Waals surface area contributed by atoms with E-state index in [1.165, 1.54) is 0 Å². The Morgan fingerprint density at radius 3 is 2.42 bits per heavy atom. The van der Waals surface area contributed by atoms with E-state index in [0.29, 0.717) is 30.2 Å². The highest BCUT2D eigenvalue weighted by atomic mass is 16.5. The van der Waals surface area contributed by atoms with E-state index < -0.39 is 5.92 Å². The molecule has 0 saturated carbocycles. The van der Waals surface area contributed by atoms with Crippen LogP contribution in [0.25, 0.3) is 0 Å². The van der Waals surface area contributed by atoms with Crippen LogP contribution in [0, 0.1) is 5.92 Å². The van der Waals surface area contributed by atoms with E-state index in [0.717, 1.165) is 24.9 Å². The Labute approximate surface area is 182 Å². The SMILES string of the molecule is CCCCCOC(=O)c1ccc(NC(=O)[C@@H]2CC(=O)N(c3ccc(OC)cc3)C2)cc1. The molecular formula is C24H28N2O5. The van der Waals surface area contributed by atoms with Crippen molar-refractivity contribution in [3.8, 4) is 5.75 Å². The van der Waals surface area contributed by atoms with Crippen LogP contribution < -0.4 is 15.0 Å². The summed E-state index contributed by atoms with van der Waals surface area (Å²) in [6.45, 7) is 2.82. The first-order valence-corrected chi connectivity index (χ1v) is 10.5. The number of unbranched alkanes of at least 4 members (excludes halogenated alkanes) is 2. The molecule has 0 aromatic heterocycles. The van der Waals surface area contributed by atoms with E-state index in [2.05, 4.69) is 12.2 Å². The summed E-state index contributed by atoms with van der Waals surface area (Å²) in [6, 6.07) is 13.8. The third kappa shape index (κ3) is 5.84. The molecule has 7 nitrogen and oxygen atoms in total. The van der Waals surface area contributed by atoms with E-state index in [4.69, 9.17) is 9.47 Å². The normalized spacial score (nSPS) is 15.6. The number of benzene rings is 2. The lowest BCUT2D eigenvalue weighted by Gasteiger charge is -2.17. The molecule has 1 N–H and O–H groups in total. The van der Waals surface area contributed by atoms with Gasteiger partial charge in [-0.15, -0.1) is 0 Å². The molecular weight excluding hydrogens is 396 g/mol. The number of esters is 1. The Kier molecular flexibility index (Phi) is 7.65. The van der Waals surface area contributed by atoms with Crippen molar-refractivity contribution >= 4 is 29.2 Å². The van der Waals surface area contributed by atoms with Gasteiger partial charge in [0.2, 0.25) is 11.8 Å². The molecule has 3 rings (SSSR count). The average Bonchev–Trinajstić information content (AvgIpc) is 3.19. The predicted octanol–water partition coefficient (Wildman–Crippen LogP) is 4.03. The number of hydrogen-bond acceptors (Lipinski definition) is 5. The zero-order valence-electron chi connectivity index (χ0n) is 17.9. The Bertz CT molecular complexity index is 909. The molecule has 0 radical (unpaired) electrons. The molecule has 1 atom stereocenters. The predicted molar refractivity (Wildman–Crippen MR) is 118 cm³/mol. The second-order valence-electron chi connectivity index (χ2n) is 7.51. The number of hydrogen-bond donors (Lipinski definition) is 1. The van der Waals surface area contributed by atoms with Crippen molar-refractivity contribution in [2.45, 2.75) is 32.6 Å².